The second kappa shape index (κ2) is 9.12. The molecule has 0 aliphatic heterocycles. The first-order valence-corrected chi connectivity index (χ1v) is 10.2. The van der Waals surface area contributed by atoms with Crippen LogP contribution < -0.4 is 5.32 Å². The molecular weight excluding hydrogens is 379 g/mol. The molecule has 0 unspecified atom stereocenters. The van der Waals surface area contributed by atoms with Gasteiger partial charge in [0.05, 0.1) is 11.8 Å². The monoisotopic (exact) mass is 398 g/mol. The number of nitrogens with one attached hydrogen (secondary N) is 1. The first-order chi connectivity index (χ1) is 12.3. The number of carbonyl (C=O) groups is 1. The minimum Gasteiger partial charge on any atom is -0.351 e. The topological polar surface area (TPSA) is 66.5 Å². The van der Waals surface area contributed by atoms with Crippen molar-refractivity contribution in [1.29, 1.82) is 0 Å². The first kappa shape index (κ1) is 20.4. The van der Waals surface area contributed by atoms with Gasteiger partial charge >= 0.3 is 0 Å². The molecule has 26 heavy (non-hydrogen) atoms. The SMILES string of the molecule is CS(=O)(=O)N(CCNC(=O)c1ccccc1F)CCc1cccc(Cl)c1. The smallest absolute Gasteiger partial charge is 0.254 e. The molecule has 2 rings (SSSR count). The number of carbonyl (C=O) groups excluding carboxylic acids is 1. The molecular formula is C18H20ClFN2O3S. The highest BCUT2D eigenvalue weighted by Gasteiger charge is 2.17. The minimum atomic E-state index is -3.44. The summed E-state index contributed by atoms with van der Waals surface area (Å²) in [6, 6.07) is 12.8. The molecule has 5 nitrogen and oxygen atoms in total. The molecule has 0 aromatic heterocycles. The third kappa shape index (κ3) is 6.09. The van der Waals surface area contributed by atoms with E-state index in [4.69, 9.17) is 11.6 Å². The van der Waals surface area contributed by atoms with Crippen molar-refractivity contribution in [3.8, 4) is 0 Å². The summed E-state index contributed by atoms with van der Waals surface area (Å²) in [5.74, 6) is -1.20. The van der Waals surface area contributed by atoms with Crippen molar-refractivity contribution in [2.75, 3.05) is 25.9 Å². The lowest BCUT2D eigenvalue weighted by Gasteiger charge is -2.20. The van der Waals surface area contributed by atoms with Crippen LogP contribution in [0.15, 0.2) is 48.5 Å². The van der Waals surface area contributed by atoms with E-state index in [9.17, 15) is 17.6 Å². The Labute approximate surface area is 157 Å². The Morgan fingerprint density at radius 2 is 1.88 bits per heavy atom. The molecule has 0 saturated carbocycles. The van der Waals surface area contributed by atoms with Gasteiger partial charge in [0.2, 0.25) is 10.0 Å². The molecule has 0 spiro atoms. The summed E-state index contributed by atoms with van der Waals surface area (Å²) >= 11 is 5.93. The Balaban J connectivity index is 1.92. The van der Waals surface area contributed by atoms with E-state index in [1.807, 2.05) is 6.07 Å². The summed E-state index contributed by atoms with van der Waals surface area (Å²) in [4.78, 5) is 12.0. The molecule has 2 aromatic rings. The zero-order valence-electron chi connectivity index (χ0n) is 14.3. The number of hydrogen-bond donors (Lipinski definition) is 1. The normalized spacial score (nSPS) is 11.5. The number of hydrogen-bond acceptors (Lipinski definition) is 3. The lowest BCUT2D eigenvalue weighted by molar-refractivity contribution is 0.0947. The van der Waals surface area contributed by atoms with Crippen LogP contribution >= 0.6 is 11.6 Å². The van der Waals surface area contributed by atoms with Gasteiger partial charge in [0.15, 0.2) is 0 Å². The fourth-order valence-electron chi connectivity index (χ4n) is 2.42. The molecule has 0 bridgehead atoms. The zero-order chi connectivity index (χ0) is 19.2. The number of sulfonamides is 1. The van der Waals surface area contributed by atoms with Gasteiger partial charge in [0.1, 0.15) is 5.82 Å². The molecule has 0 fully saturated rings. The van der Waals surface area contributed by atoms with Crippen LogP contribution in [0.4, 0.5) is 4.39 Å². The predicted molar refractivity (Wildman–Crippen MR) is 100 cm³/mol. The molecule has 8 heteroatoms. The summed E-state index contributed by atoms with van der Waals surface area (Å²) in [5.41, 5.74) is 0.846. The lowest BCUT2D eigenvalue weighted by Crippen LogP contribution is -2.39. The van der Waals surface area contributed by atoms with Gasteiger partial charge in [-0.3, -0.25) is 4.79 Å². The molecule has 1 N–H and O–H groups in total. The molecule has 2 aromatic carbocycles. The van der Waals surface area contributed by atoms with Crippen molar-refractivity contribution in [2.24, 2.45) is 0 Å². The Hall–Kier alpha value is -1.96. The minimum absolute atomic E-state index is 0.0719. The van der Waals surface area contributed by atoms with E-state index >= 15 is 0 Å². The van der Waals surface area contributed by atoms with Crippen molar-refractivity contribution in [3.05, 3.63) is 70.5 Å². The van der Waals surface area contributed by atoms with E-state index in [0.29, 0.717) is 11.4 Å². The fourth-order valence-corrected chi connectivity index (χ4v) is 3.48. The Bertz CT molecular complexity index is 874. The van der Waals surface area contributed by atoms with Crippen LogP contribution in [0.25, 0.3) is 0 Å². The molecule has 0 atom stereocenters. The molecule has 0 radical (unpaired) electrons. The Morgan fingerprint density at radius 1 is 1.15 bits per heavy atom. The fraction of sp³-hybridized carbons (Fsp3) is 0.278. The maximum atomic E-state index is 13.6. The van der Waals surface area contributed by atoms with E-state index in [0.717, 1.165) is 11.8 Å². The number of amides is 1. The highest BCUT2D eigenvalue weighted by atomic mass is 35.5. The summed E-state index contributed by atoms with van der Waals surface area (Å²) in [6.07, 6.45) is 1.61. The second-order valence-corrected chi connectivity index (χ2v) is 8.20. The molecule has 0 aliphatic rings. The van der Waals surface area contributed by atoms with Crippen molar-refractivity contribution < 1.29 is 17.6 Å². The van der Waals surface area contributed by atoms with Crippen molar-refractivity contribution in [3.63, 3.8) is 0 Å². The van der Waals surface area contributed by atoms with Gasteiger partial charge in [-0.2, -0.15) is 0 Å². The van der Waals surface area contributed by atoms with E-state index in [1.54, 1.807) is 24.3 Å². The lowest BCUT2D eigenvalue weighted by atomic mass is 10.1. The average molecular weight is 399 g/mol. The predicted octanol–water partition coefficient (Wildman–Crippen LogP) is 2.71. The Morgan fingerprint density at radius 3 is 2.54 bits per heavy atom. The maximum absolute atomic E-state index is 13.6. The number of rotatable bonds is 8. The van der Waals surface area contributed by atoms with Gasteiger partial charge in [-0.1, -0.05) is 35.9 Å². The summed E-state index contributed by atoms with van der Waals surface area (Å²) in [7, 11) is -3.44. The van der Waals surface area contributed by atoms with Gasteiger partial charge in [0.25, 0.3) is 5.91 Å². The van der Waals surface area contributed by atoms with Crippen LogP contribution in [0.2, 0.25) is 5.02 Å². The van der Waals surface area contributed by atoms with E-state index < -0.39 is 21.7 Å². The van der Waals surface area contributed by atoms with Gasteiger partial charge in [-0.15, -0.1) is 0 Å². The van der Waals surface area contributed by atoms with Crippen molar-refractivity contribution >= 4 is 27.5 Å². The third-order valence-corrected chi connectivity index (χ3v) is 5.31. The van der Waals surface area contributed by atoms with Crippen LogP contribution in [0, 0.1) is 5.82 Å². The highest BCUT2D eigenvalue weighted by molar-refractivity contribution is 7.88. The highest BCUT2D eigenvalue weighted by Crippen LogP contribution is 2.12. The number of nitrogens with zero attached hydrogens (tertiary/aromatic N) is 1. The first-order valence-electron chi connectivity index (χ1n) is 7.99. The largest absolute Gasteiger partial charge is 0.351 e. The number of halogens is 2. The molecule has 0 aliphatic carbocycles. The van der Waals surface area contributed by atoms with E-state index in [1.165, 1.54) is 22.5 Å². The zero-order valence-corrected chi connectivity index (χ0v) is 15.9. The maximum Gasteiger partial charge on any atom is 0.254 e. The molecule has 0 heterocycles. The van der Waals surface area contributed by atoms with E-state index in [2.05, 4.69) is 5.32 Å². The summed E-state index contributed by atoms with van der Waals surface area (Å²) in [5, 5.41) is 3.13. The quantitative estimate of drug-likeness (QED) is 0.743. The molecule has 140 valence electrons. The van der Waals surface area contributed by atoms with Crippen LogP contribution in [0.5, 0.6) is 0 Å². The number of benzene rings is 2. The molecule has 0 saturated heterocycles. The van der Waals surface area contributed by atoms with Crippen molar-refractivity contribution in [2.45, 2.75) is 6.42 Å². The van der Waals surface area contributed by atoms with Crippen LogP contribution in [0.1, 0.15) is 15.9 Å². The average Bonchev–Trinajstić information content (AvgIpc) is 2.57. The van der Waals surface area contributed by atoms with Crippen molar-refractivity contribution in [1.82, 2.24) is 9.62 Å². The molecule has 1 amide bonds. The third-order valence-electron chi connectivity index (χ3n) is 3.77. The van der Waals surface area contributed by atoms with Gasteiger partial charge in [-0.25, -0.2) is 17.1 Å². The van der Waals surface area contributed by atoms with Gasteiger partial charge < -0.3 is 5.32 Å². The summed E-state index contributed by atoms with van der Waals surface area (Å²) in [6.45, 7) is 0.435. The van der Waals surface area contributed by atoms with Gasteiger partial charge in [0, 0.05) is 24.7 Å². The van der Waals surface area contributed by atoms with Crippen LogP contribution in [-0.4, -0.2) is 44.5 Å². The summed E-state index contributed by atoms with van der Waals surface area (Å²) < 4.78 is 38.7. The second-order valence-electron chi connectivity index (χ2n) is 5.78. The van der Waals surface area contributed by atoms with Crippen LogP contribution in [-0.2, 0) is 16.4 Å². The standard InChI is InChI=1S/C18H20ClFN2O3S/c1-26(24,25)22(11-9-14-5-4-6-15(19)13-14)12-10-21-18(23)16-7-2-3-8-17(16)20/h2-8,13H,9-12H2,1H3,(H,21,23). The van der Waals surface area contributed by atoms with Crippen LogP contribution in [0.3, 0.4) is 0 Å². The van der Waals surface area contributed by atoms with Gasteiger partial charge in [-0.05, 0) is 36.2 Å². The Kier molecular flexibility index (Phi) is 7.14. The van der Waals surface area contributed by atoms with E-state index in [-0.39, 0.29) is 25.2 Å².